The topological polar surface area (TPSA) is 0 Å². The molecular formula is C32H31F. The van der Waals surface area contributed by atoms with Gasteiger partial charge in [0.1, 0.15) is 5.82 Å². The van der Waals surface area contributed by atoms with Crippen molar-refractivity contribution in [3.05, 3.63) is 118 Å². The van der Waals surface area contributed by atoms with E-state index in [1.54, 1.807) is 0 Å². The highest BCUT2D eigenvalue weighted by Gasteiger charge is 2.07. The third kappa shape index (κ3) is 5.91. The van der Waals surface area contributed by atoms with Crippen molar-refractivity contribution in [2.45, 2.75) is 52.4 Å². The molecule has 0 spiro atoms. The maximum absolute atomic E-state index is 14.7. The van der Waals surface area contributed by atoms with Crippen molar-refractivity contribution in [2.24, 2.45) is 0 Å². The maximum Gasteiger partial charge on any atom is 0.134 e. The number of fused-ring (bicyclic) bond motifs is 1. The lowest BCUT2D eigenvalue weighted by Crippen LogP contribution is -1.92. The molecule has 0 amide bonds. The van der Waals surface area contributed by atoms with E-state index in [0.717, 1.165) is 54.2 Å². The summed E-state index contributed by atoms with van der Waals surface area (Å²) in [5.41, 5.74) is 6.81. The fourth-order valence-electron chi connectivity index (χ4n) is 4.23. The molecule has 0 unspecified atom stereocenters. The summed E-state index contributed by atoms with van der Waals surface area (Å²) in [6.45, 7) is 4.29. The van der Waals surface area contributed by atoms with Gasteiger partial charge in [0.2, 0.25) is 0 Å². The van der Waals surface area contributed by atoms with Gasteiger partial charge in [0, 0.05) is 16.5 Å². The molecule has 1 heteroatoms. The Morgan fingerprint density at radius 2 is 1.12 bits per heavy atom. The molecule has 0 heterocycles. The van der Waals surface area contributed by atoms with E-state index in [1.165, 1.54) is 23.1 Å². The third-order valence-electron chi connectivity index (χ3n) is 6.12. The van der Waals surface area contributed by atoms with Crippen LogP contribution in [0.4, 0.5) is 4.39 Å². The highest BCUT2D eigenvalue weighted by Crippen LogP contribution is 2.23. The average Bonchev–Trinajstić information content (AvgIpc) is 2.85. The lowest BCUT2D eigenvalue weighted by Gasteiger charge is -2.06. The Hall–Kier alpha value is -3.37. The van der Waals surface area contributed by atoms with E-state index >= 15 is 0 Å². The van der Waals surface area contributed by atoms with Crippen molar-refractivity contribution < 1.29 is 4.39 Å². The van der Waals surface area contributed by atoms with Gasteiger partial charge in [-0.25, -0.2) is 4.39 Å². The van der Waals surface area contributed by atoms with Crippen LogP contribution >= 0.6 is 0 Å². The van der Waals surface area contributed by atoms with Gasteiger partial charge in [0.25, 0.3) is 0 Å². The predicted octanol–water partition coefficient (Wildman–Crippen LogP) is 8.07. The summed E-state index contributed by atoms with van der Waals surface area (Å²) in [4.78, 5) is 0. The minimum absolute atomic E-state index is 0.0960. The van der Waals surface area contributed by atoms with E-state index in [0.29, 0.717) is 5.39 Å². The molecule has 4 rings (SSSR count). The molecule has 0 radical (unpaired) electrons. The van der Waals surface area contributed by atoms with Gasteiger partial charge < -0.3 is 0 Å². The first-order chi connectivity index (χ1) is 16.2. The van der Waals surface area contributed by atoms with Gasteiger partial charge in [-0.05, 0) is 77.6 Å². The van der Waals surface area contributed by atoms with E-state index in [2.05, 4.69) is 74.2 Å². The third-order valence-corrected chi connectivity index (χ3v) is 6.12. The van der Waals surface area contributed by atoms with Crippen molar-refractivity contribution in [1.82, 2.24) is 0 Å². The standard InChI is InChI=1S/C32H31F/c1-3-5-24-7-9-25(10-8-24)11-12-26-13-15-27(16-14-26)17-18-28-19-22-31-30(23-28)21-20-29(6-4-2)32(31)33/h7-10,13-16,19-23H,3-6,11-12H2,1-2H3. The average molecular weight is 435 g/mol. The summed E-state index contributed by atoms with van der Waals surface area (Å²) in [7, 11) is 0. The number of benzene rings is 4. The maximum atomic E-state index is 14.7. The fourth-order valence-corrected chi connectivity index (χ4v) is 4.23. The summed E-state index contributed by atoms with van der Waals surface area (Å²) in [6.07, 6.45) is 6.12. The SMILES string of the molecule is CCCc1ccc(CCc2ccc(C#Cc3ccc4c(F)c(CCC)ccc4c3)cc2)cc1. The van der Waals surface area contributed by atoms with Gasteiger partial charge in [-0.15, -0.1) is 0 Å². The molecule has 33 heavy (non-hydrogen) atoms. The minimum atomic E-state index is -0.0960. The van der Waals surface area contributed by atoms with Crippen LogP contribution in [0.5, 0.6) is 0 Å². The molecule has 0 aliphatic rings. The second-order valence-electron chi connectivity index (χ2n) is 8.74. The van der Waals surface area contributed by atoms with Crippen LogP contribution < -0.4 is 0 Å². The van der Waals surface area contributed by atoms with E-state index in [9.17, 15) is 4.39 Å². The zero-order chi connectivity index (χ0) is 23.0. The minimum Gasteiger partial charge on any atom is -0.206 e. The number of aryl methyl sites for hydroxylation is 4. The molecule has 4 aromatic rings. The molecule has 0 aliphatic heterocycles. The zero-order valence-electron chi connectivity index (χ0n) is 19.6. The molecule has 4 aromatic carbocycles. The fraction of sp³-hybridized carbons (Fsp3) is 0.250. The van der Waals surface area contributed by atoms with Gasteiger partial charge in [-0.3, -0.25) is 0 Å². The Morgan fingerprint density at radius 3 is 1.76 bits per heavy atom. The Labute approximate surface area is 197 Å². The summed E-state index contributed by atoms with van der Waals surface area (Å²) in [5, 5.41) is 1.58. The van der Waals surface area contributed by atoms with Crippen molar-refractivity contribution in [3.63, 3.8) is 0 Å². The van der Waals surface area contributed by atoms with Gasteiger partial charge in [0.05, 0.1) is 0 Å². The largest absolute Gasteiger partial charge is 0.206 e. The van der Waals surface area contributed by atoms with Gasteiger partial charge in [-0.1, -0.05) is 93.1 Å². The van der Waals surface area contributed by atoms with Gasteiger partial charge in [0.15, 0.2) is 0 Å². The Morgan fingerprint density at radius 1 is 0.576 bits per heavy atom. The Balaban J connectivity index is 1.40. The molecule has 0 aliphatic carbocycles. The van der Waals surface area contributed by atoms with E-state index in [-0.39, 0.29) is 5.82 Å². The number of hydrogen-bond donors (Lipinski definition) is 0. The first-order valence-electron chi connectivity index (χ1n) is 12.1. The quantitative estimate of drug-likeness (QED) is 0.258. The smallest absolute Gasteiger partial charge is 0.134 e. The van der Waals surface area contributed by atoms with Crippen LogP contribution in [0.2, 0.25) is 0 Å². The first kappa shape index (κ1) is 22.8. The van der Waals surface area contributed by atoms with Crippen LogP contribution in [0.3, 0.4) is 0 Å². The lowest BCUT2D eigenvalue weighted by atomic mass is 10.0. The summed E-state index contributed by atoms with van der Waals surface area (Å²) >= 11 is 0. The van der Waals surface area contributed by atoms with E-state index in [1.807, 2.05) is 30.3 Å². The van der Waals surface area contributed by atoms with Crippen LogP contribution in [0.1, 0.15) is 60.1 Å². The molecule has 0 nitrogen and oxygen atoms in total. The molecule has 0 atom stereocenters. The second-order valence-corrected chi connectivity index (χ2v) is 8.74. The summed E-state index contributed by atoms with van der Waals surface area (Å²) < 4.78 is 14.7. The molecule has 0 N–H and O–H groups in total. The van der Waals surface area contributed by atoms with Crippen LogP contribution in [0.25, 0.3) is 10.8 Å². The Kier molecular flexibility index (Phi) is 7.59. The molecule has 0 bridgehead atoms. The predicted molar refractivity (Wildman–Crippen MR) is 138 cm³/mol. The first-order valence-corrected chi connectivity index (χ1v) is 12.1. The van der Waals surface area contributed by atoms with Crippen LogP contribution in [0.15, 0.2) is 78.9 Å². The zero-order valence-corrected chi connectivity index (χ0v) is 19.6. The monoisotopic (exact) mass is 434 g/mol. The molecule has 166 valence electrons. The van der Waals surface area contributed by atoms with E-state index < -0.39 is 0 Å². The van der Waals surface area contributed by atoms with Crippen molar-refractivity contribution in [2.75, 3.05) is 0 Å². The molecule has 0 saturated heterocycles. The molecule has 0 saturated carbocycles. The van der Waals surface area contributed by atoms with Crippen molar-refractivity contribution in [3.8, 4) is 11.8 Å². The number of rotatable bonds is 7. The summed E-state index contributed by atoms with van der Waals surface area (Å²) in [5.74, 6) is 6.38. The van der Waals surface area contributed by atoms with Crippen molar-refractivity contribution in [1.29, 1.82) is 0 Å². The van der Waals surface area contributed by atoms with Gasteiger partial charge in [-0.2, -0.15) is 0 Å². The summed E-state index contributed by atoms with van der Waals surface area (Å²) in [6, 6.07) is 27.2. The lowest BCUT2D eigenvalue weighted by molar-refractivity contribution is 0.619. The second kappa shape index (κ2) is 11.0. The molecule has 0 fully saturated rings. The normalized spacial score (nSPS) is 10.8. The number of halogens is 1. The highest BCUT2D eigenvalue weighted by molar-refractivity contribution is 5.85. The number of hydrogen-bond acceptors (Lipinski definition) is 0. The van der Waals surface area contributed by atoms with Crippen LogP contribution in [0, 0.1) is 17.7 Å². The van der Waals surface area contributed by atoms with Crippen LogP contribution in [-0.4, -0.2) is 0 Å². The molecular weight excluding hydrogens is 403 g/mol. The van der Waals surface area contributed by atoms with Gasteiger partial charge >= 0.3 is 0 Å². The Bertz CT molecular complexity index is 1270. The molecule has 0 aromatic heterocycles. The van der Waals surface area contributed by atoms with E-state index in [4.69, 9.17) is 0 Å². The van der Waals surface area contributed by atoms with Crippen LogP contribution in [-0.2, 0) is 25.7 Å². The highest BCUT2D eigenvalue weighted by atomic mass is 19.1. The van der Waals surface area contributed by atoms with Crippen molar-refractivity contribution >= 4 is 10.8 Å².